The summed E-state index contributed by atoms with van der Waals surface area (Å²) in [4.78, 5) is 14.3. The minimum Gasteiger partial charge on any atom is -0.297 e. The van der Waals surface area contributed by atoms with Crippen LogP contribution in [0.3, 0.4) is 0 Å². The Morgan fingerprint density at radius 3 is 2.79 bits per heavy atom. The van der Waals surface area contributed by atoms with Crippen molar-refractivity contribution in [2.75, 3.05) is 0 Å². The van der Waals surface area contributed by atoms with E-state index in [1.807, 2.05) is 0 Å². The zero-order valence-electron chi connectivity index (χ0n) is 7.44. The topological polar surface area (TPSA) is 78.4 Å². The SMILES string of the molecule is CC(ON)c1cc(F)ccc1[N+](=O)[O-]. The van der Waals surface area contributed by atoms with Crippen LogP contribution in [-0.2, 0) is 4.84 Å². The summed E-state index contributed by atoms with van der Waals surface area (Å²) in [7, 11) is 0. The Morgan fingerprint density at radius 1 is 1.64 bits per heavy atom. The molecule has 76 valence electrons. The predicted molar refractivity (Wildman–Crippen MR) is 46.7 cm³/mol. The van der Waals surface area contributed by atoms with Crippen molar-refractivity contribution in [1.82, 2.24) is 0 Å². The Bertz CT molecular complexity index is 356. The molecule has 2 N–H and O–H groups in total. The fourth-order valence-corrected chi connectivity index (χ4v) is 1.09. The number of halogens is 1. The molecule has 0 aliphatic carbocycles. The molecular weight excluding hydrogens is 191 g/mol. The summed E-state index contributed by atoms with van der Waals surface area (Å²) in [5.74, 6) is 4.32. The van der Waals surface area contributed by atoms with Crippen LogP contribution in [0.4, 0.5) is 10.1 Å². The van der Waals surface area contributed by atoms with Crippen molar-refractivity contribution in [3.8, 4) is 0 Å². The average Bonchev–Trinajstić information content (AvgIpc) is 2.16. The molecule has 1 atom stereocenters. The van der Waals surface area contributed by atoms with E-state index in [9.17, 15) is 14.5 Å². The molecule has 0 aromatic heterocycles. The molecule has 0 radical (unpaired) electrons. The van der Waals surface area contributed by atoms with Gasteiger partial charge < -0.3 is 0 Å². The van der Waals surface area contributed by atoms with Crippen LogP contribution in [0.25, 0.3) is 0 Å². The minimum absolute atomic E-state index is 0.123. The number of rotatable bonds is 3. The van der Waals surface area contributed by atoms with Gasteiger partial charge in [0.2, 0.25) is 0 Å². The number of hydrogen-bond donors (Lipinski definition) is 1. The van der Waals surface area contributed by atoms with E-state index in [1.54, 1.807) is 0 Å². The summed E-state index contributed by atoms with van der Waals surface area (Å²) in [5.41, 5.74) is -0.0816. The van der Waals surface area contributed by atoms with Crippen LogP contribution < -0.4 is 5.90 Å². The highest BCUT2D eigenvalue weighted by Gasteiger charge is 2.19. The maximum atomic E-state index is 12.8. The maximum absolute atomic E-state index is 12.8. The lowest BCUT2D eigenvalue weighted by molar-refractivity contribution is -0.386. The first-order valence-corrected chi connectivity index (χ1v) is 3.85. The molecule has 0 fully saturated rings. The fraction of sp³-hybridized carbons (Fsp3) is 0.250. The van der Waals surface area contributed by atoms with Crippen molar-refractivity contribution in [1.29, 1.82) is 0 Å². The third-order valence-electron chi connectivity index (χ3n) is 1.83. The van der Waals surface area contributed by atoms with Crippen LogP contribution in [0.2, 0.25) is 0 Å². The van der Waals surface area contributed by atoms with E-state index >= 15 is 0 Å². The van der Waals surface area contributed by atoms with Gasteiger partial charge in [0.05, 0.1) is 10.5 Å². The Labute approximate surface area is 79.4 Å². The number of nitro groups is 1. The molecule has 5 nitrogen and oxygen atoms in total. The quantitative estimate of drug-likeness (QED) is 0.594. The van der Waals surface area contributed by atoms with Gasteiger partial charge in [-0.25, -0.2) is 10.3 Å². The lowest BCUT2D eigenvalue weighted by atomic mass is 10.1. The summed E-state index contributed by atoms with van der Waals surface area (Å²) in [6.45, 7) is 1.50. The summed E-state index contributed by atoms with van der Waals surface area (Å²) in [6.07, 6.45) is -0.717. The molecule has 0 saturated heterocycles. The van der Waals surface area contributed by atoms with Gasteiger partial charge in [0, 0.05) is 6.07 Å². The number of nitrogens with zero attached hydrogens (tertiary/aromatic N) is 1. The Kier molecular flexibility index (Phi) is 3.10. The largest absolute Gasteiger partial charge is 0.297 e. The smallest absolute Gasteiger partial charge is 0.275 e. The van der Waals surface area contributed by atoms with Crippen molar-refractivity contribution < 1.29 is 14.2 Å². The molecule has 1 unspecified atom stereocenters. The highest BCUT2D eigenvalue weighted by Crippen LogP contribution is 2.26. The number of hydrogen-bond acceptors (Lipinski definition) is 4. The Balaban J connectivity index is 3.22. The van der Waals surface area contributed by atoms with Crippen molar-refractivity contribution in [2.45, 2.75) is 13.0 Å². The van der Waals surface area contributed by atoms with E-state index in [0.29, 0.717) is 0 Å². The second-order valence-electron chi connectivity index (χ2n) is 2.74. The van der Waals surface area contributed by atoms with Crippen LogP contribution in [-0.4, -0.2) is 4.92 Å². The predicted octanol–water partition coefficient (Wildman–Crippen LogP) is 1.69. The van der Waals surface area contributed by atoms with Gasteiger partial charge in [0.25, 0.3) is 5.69 Å². The van der Waals surface area contributed by atoms with Crippen LogP contribution in [0, 0.1) is 15.9 Å². The summed E-state index contributed by atoms with van der Waals surface area (Å²) >= 11 is 0. The van der Waals surface area contributed by atoms with Crippen molar-refractivity contribution >= 4 is 5.69 Å². The first-order valence-electron chi connectivity index (χ1n) is 3.85. The van der Waals surface area contributed by atoms with Gasteiger partial charge in [-0.1, -0.05) is 0 Å². The summed E-state index contributed by atoms with van der Waals surface area (Å²) in [5, 5.41) is 10.5. The molecule has 0 saturated carbocycles. The molecule has 0 aliphatic rings. The van der Waals surface area contributed by atoms with Crippen molar-refractivity contribution in [3.05, 3.63) is 39.7 Å². The Hall–Kier alpha value is -1.53. The van der Waals surface area contributed by atoms with E-state index in [-0.39, 0.29) is 11.3 Å². The van der Waals surface area contributed by atoms with Gasteiger partial charge in [-0.05, 0) is 19.1 Å². The van der Waals surface area contributed by atoms with Crippen LogP contribution >= 0.6 is 0 Å². The molecule has 1 rings (SSSR count). The second kappa shape index (κ2) is 4.12. The second-order valence-corrected chi connectivity index (χ2v) is 2.74. The molecule has 14 heavy (non-hydrogen) atoms. The van der Waals surface area contributed by atoms with Gasteiger partial charge in [-0.2, -0.15) is 0 Å². The average molecular weight is 200 g/mol. The van der Waals surface area contributed by atoms with Gasteiger partial charge in [0.1, 0.15) is 11.9 Å². The van der Waals surface area contributed by atoms with Crippen molar-refractivity contribution in [2.24, 2.45) is 5.90 Å². The van der Waals surface area contributed by atoms with Crippen LogP contribution in [0.5, 0.6) is 0 Å². The lowest BCUT2D eigenvalue weighted by Crippen LogP contribution is -2.08. The zero-order valence-corrected chi connectivity index (χ0v) is 7.44. The normalized spacial score (nSPS) is 12.5. The van der Waals surface area contributed by atoms with E-state index in [2.05, 4.69) is 4.84 Å². The molecule has 0 heterocycles. The molecule has 1 aromatic carbocycles. The Morgan fingerprint density at radius 2 is 2.29 bits per heavy atom. The van der Waals surface area contributed by atoms with E-state index in [4.69, 9.17) is 5.90 Å². The van der Waals surface area contributed by atoms with Gasteiger partial charge in [-0.3, -0.25) is 15.0 Å². The maximum Gasteiger partial charge on any atom is 0.275 e. The molecule has 0 amide bonds. The summed E-state index contributed by atoms with van der Waals surface area (Å²) in [6, 6.07) is 3.14. The van der Waals surface area contributed by atoms with E-state index in [0.717, 1.165) is 18.2 Å². The highest BCUT2D eigenvalue weighted by atomic mass is 19.1. The lowest BCUT2D eigenvalue weighted by Gasteiger charge is -2.08. The molecule has 1 aromatic rings. The molecular formula is C8H9FN2O3. The van der Waals surface area contributed by atoms with Crippen LogP contribution in [0.15, 0.2) is 18.2 Å². The third kappa shape index (κ3) is 2.04. The van der Waals surface area contributed by atoms with Gasteiger partial charge >= 0.3 is 0 Å². The first-order chi connectivity index (χ1) is 6.56. The highest BCUT2D eigenvalue weighted by molar-refractivity contribution is 5.41. The molecule has 0 bridgehead atoms. The third-order valence-corrected chi connectivity index (χ3v) is 1.83. The summed E-state index contributed by atoms with van der Waals surface area (Å²) < 4.78 is 12.8. The van der Waals surface area contributed by atoms with E-state index in [1.165, 1.54) is 6.92 Å². The zero-order chi connectivity index (χ0) is 10.7. The van der Waals surface area contributed by atoms with Gasteiger partial charge in [-0.15, -0.1) is 0 Å². The molecule has 0 spiro atoms. The number of nitrogens with two attached hydrogens (primary N) is 1. The number of benzene rings is 1. The standard InChI is InChI=1S/C8H9FN2O3/c1-5(14-10)7-4-6(9)2-3-8(7)11(12)13/h2-5H,10H2,1H3. The first kappa shape index (κ1) is 10.6. The number of nitro benzene ring substituents is 1. The fourth-order valence-electron chi connectivity index (χ4n) is 1.09. The monoisotopic (exact) mass is 200 g/mol. The van der Waals surface area contributed by atoms with E-state index < -0.39 is 16.8 Å². The van der Waals surface area contributed by atoms with Crippen molar-refractivity contribution in [3.63, 3.8) is 0 Å². The van der Waals surface area contributed by atoms with Gasteiger partial charge in [0.15, 0.2) is 0 Å². The van der Waals surface area contributed by atoms with Crippen LogP contribution in [0.1, 0.15) is 18.6 Å². The molecule has 0 aliphatic heterocycles. The molecule has 6 heteroatoms. The minimum atomic E-state index is -0.717.